The van der Waals surface area contributed by atoms with Gasteiger partial charge >= 0.3 is 0 Å². The Morgan fingerprint density at radius 2 is 2.11 bits per heavy atom. The Balaban J connectivity index is 2.20. The van der Waals surface area contributed by atoms with Crippen LogP contribution in [0.4, 0.5) is 5.69 Å². The predicted octanol–water partition coefficient (Wildman–Crippen LogP) is 3.29. The van der Waals surface area contributed by atoms with E-state index in [2.05, 4.69) is 29.8 Å². The molecule has 1 amide bonds. The largest absolute Gasteiger partial charge is 0.399 e. The molecule has 1 aliphatic rings. The summed E-state index contributed by atoms with van der Waals surface area (Å²) in [6, 6.07) is 5.70. The topological polar surface area (TPSA) is 46.3 Å². The average Bonchev–Trinajstić information content (AvgIpc) is 2.26. The van der Waals surface area contributed by atoms with Crippen LogP contribution < -0.4 is 5.73 Å². The normalized spacial score (nSPS) is 24.1. The minimum absolute atomic E-state index is 0.0856. The van der Waals surface area contributed by atoms with E-state index in [0.717, 1.165) is 23.9 Å². The smallest absolute Gasteiger partial charge is 0.254 e. The van der Waals surface area contributed by atoms with Gasteiger partial charge in [-0.15, -0.1) is 0 Å². The van der Waals surface area contributed by atoms with Gasteiger partial charge in [0.1, 0.15) is 0 Å². The predicted molar refractivity (Wildman–Crippen MR) is 77.5 cm³/mol. The number of piperidine rings is 1. The van der Waals surface area contributed by atoms with Crippen LogP contribution in [0, 0.1) is 5.92 Å². The summed E-state index contributed by atoms with van der Waals surface area (Å²) in [5, 5.41) is 0. The van der Waals surface area contributed by atoms with Crippen molar-refractivity contribution in [3.63, 3.8) is 0 Å². The van der Waals surface area contributed by atoms with E-state index in [1.54, 1.807) is 12.1 Å². The van der Waals surface area contributed by atoms with E-state index < -0.39 is 0 Å². The zero-order valence-electron chi connectivity index (χ0n) is 10.8. The fourth-order valence-corrected chi connectivity index (χ4v) is 3.12. The van der Waals surface area contributed by atoms with E-state index in [9.17, 15) is 4.79 Å². The van der Waals surface area contributed by atoms with Crippen LogP contribution in [-0.4, -0.2) is 23.4 Å². The average molecular weight is 311 g/mol. The van der Waals surface area contributed by atoms with Gasteiger partial charge in [-0.2, -0.15) is 0 Å². The van der Waals surface area contributed by atoms with Crippen LogP contribution >= 0.6 is 15.9 Å². The first-order valence-electron chi connectivity index (χ1n) is 6.34. The second-order valence-electron chi connectivity index (χ2n) is 5.25. The van der Waals surface area contributed by atoms with Crippen molar-refractivity contribution >= 4 is 27.5 Å². The highest BCUT2D eigenvalue weighted by Crippen LogP contribution is 2.25. The second-order valence-corrected chi connectivity index (χ2v) is 6.17. The monoisotopic (exact) mass is 310 g/mol. The first-order valence-corrected chi connectivity index (χ1v) is 7.13. The summed E-state index contributed by atoms with van der Waals surface area (Å²) in [5.74, 6) is 0.791. The molecule has 0 radical (unpaired) electrons. The van der Waals surface area contributed by atoms with Crippen molar-refractivity contribution in [2.24, 2.45) is 5.92 Å². The van der Waals surface area contributed by atoms with Crippen molar-refractivity contribution in [2.75, 3.05) is 12.3 Å². The van der Waals surface area contributed by atoms with E-state index in [-0.39, 0.29) is 5.91 Å². The molecule has 0 saturated carbocycles. The molecule has 1 aromatic rings. The highest BCUT2D eigenvalue weighted by Gasteiger charge is 2.27. The fraction of sp³-hybridized carbons (Fsp3) is 0.500. The zero-order chi connectivity index (χ0) is 13.3. The number of nitrogens with two attached hydrogens (primary N) is 1. The van der Waals surface area contributed by atoms with Gasteiger partial charge in [-0.1, -0.05) is 22.9 Å². The van der Waals surface area contributed by atoms with Gasteiger partial charge in [-0.3, -0.25) is 4.79 Å². The van der Waals surface area contributed by atoms with Crippen molar-refractivity contribution in [3.05, 3.63) is 28.2 Å². The van der Waals surface area contributed by atoms with Crippen LogP contribution in [0.3, 0.4) is 0 Å². The van der Waals surface area contributed by atoms with Gasteiger partial charge < -0.3 is 10.6 Å². The molecule has 2 atom stereocenters. The lowest BCUT2D eigenvalue weighted by molar-refractivity contribution is 0.0588. The number of rotatable bonds is 1. The molecule has 4 heteroatoms. The molecule has 2 rings (SSSR count). The Kier molecular flexibility index (Phi) is 3.95. The number of carbonyl (C=O) groups is 1. The van der Waals surface area contributed by atoms with Crippen LogP contribution in [0.5, 0.6) is 0 Å². The molecule has 0 spiro atoms. The summed E-state index contributed by atoms with van der Waals surface area (Å²) in [6.45, 7) is 5.21. The number of benzene rings is 1. The van der Waals surface area contributed by atoms with Gasteiger partial charge in [0.15, 0.2) is 0 Å². The molecule has 1 heterocycles. The Bertz CT molecular complexity index is 441. The van der Waals surface area contributed by atoms with E-state index in [0.29, 0.717) is 23.2 Å². The Labute approximate surface area is 116 Å². The van der Waals surface area contributed by atoms with Crippen molar-refractivity contribution in [3.8, 4) is 0 Å². The van der Waals surface area contributed by atoms with Gasteiger partial charge in [-0.05, 0) is 43.9 Å². The molecule has 18 heavy (non-hydrogen) atoms. The molecule has 3 nitrogen and oxygen atoms in total. The number of hydrogen-bond donors (Lipinski definition) is 1. The number of anilines is 1. The lowest BCUT2D eigenvalue weighted by atomic mass is 9.93. The third kappa shape index (κ3) is 2.86. The summed E-state index contributed by atoms with van der Waals surface area (Å²) < 4.78 is 0.851. The maximum atomic E-state index is 12.5. The number of nitrogen functional groups attached to an aromatic ring is 1. The minimum atomic E-state index is 0.0856. The summed E-state index contributed by atoms with van der Waals surface area (Å²) in [4.78, 5) is 14.4. The van der Waals surface area contributed by atoms with E-state index >= 15 is 0 Å². The van der Waals surface area contributed by atoms with E-state index in [4.69, 9.17) is 5.73 Å². The molecule has 0 aromatic heterocycles. The second kappa shape index (κ2) is 5.31. The maximum Gasteiger partial charge on any atom is 0.254 e. The first-order chi connectivity index (χ1) is 8.47. The van der Waals surface area contributed by atoms with Gasteiger partial charge in [-0.25, -0.2) is 0 Å². The highest BCUT2D eigenvalue weighted by molar-refractivity contribution is 9.10. The van der Waals surface area contributed by atoms with E-state index in [1.807, 2.05) is 11.0 Å². The third-order valence-corrected chi connectivity index (χ3v) is 4.02. The summed E-state index contributed by atoms with van der Waals surface area (Å²) >= 11 is 3.38. The number of hydrogen-bond acceptors (Lipinski definition) is 2. The molecule has 0 bridgehead atoms. The lowest BCUT2D eigenvalue weighted by Crippen LogP contribution is -2.44. The fourth-order valence-electron chi connectivity index (χ4n) is 2.61. The third-order valence-electron chi connectivity index (χ3n) is 3.57. The number of likely N-dealkylation sites (tertiary alicyclic amines) is 1. The van der Waals surface area contributed by atoms with Gasteiger partial charge in [0.05, 0.1) is 0 Å². The van der Waals surface area contributed by atoms with Crippen LogP contribution in [0.1, 0.15) is 37.0 Å². The number of halogens is 1. The SMILES string of the molecule is CC1CCN(C(=O)c2cc(N)cc(Br)c2)C(C)C1. The Morgan fingerprint density at radius 1 is 1.39 bits per heavy atom. The highest BCUT2D eigenvalue weighted by atomic mass is 79.9. The van der Waals surface area contributed by atoms with Gasteiger partial charge in [0.25, 0.3) is 5.91 Å². The summed E-state index contributed by atoms with van der Waals surface area (Å²) in [6.07, 6.45) is 2.16. The molecule has 1 aliphatic heterocycles. The molecule has 1 aromatic carbocycles. The lowest BCUT2D eigenvalue weighted by Gasteiger charge is -2.36. The molecular weight excluding hydrogens is 292 g/mol. The van der Waals surface area contributed by atoms with Crippen molar-refractivity contribution in [1.29, 1.82) is 0 Å². The number of carbonyl (C=O) groups excluding carboxylic acids is 1. The van der Waals surface area contributed by atoms with Gasteiger partial charge in [0, 0.05) is 28.3 Å². The van der Waals surface area contributed by atoms with Gasteiger partial charge in [0.2, 0.25) is 0 Å². The zero-order valence-corrected chi connectivity index (χ0v) is 12.4. The number of nitrogens with zero attached hydrogens (tertiary/aromatic N) is 1. The molecule has 1 fully saturated rings. The molecule has 2 N–H and O–H groups in total. The van der Waals surface area contributed by atoms with Crippen LogP contribution in [0.25, 0.3) is 0 Å². The molecule has 2 unspecified atom stereocenters. The van der Waals surface area contributed by atoms with Crippen LogP contribution in [0.2, 0.25) is 0 Å². The standard InChI is InChI=1S/C14H19BrN2O/c1-9-3-4-17(10(2)5-9)14(18)11-6-12(15)8-13(16)7-11/h6-10H,3-5,16H2,1-2H3. The number of amides is 1. The molecule has 0 aliphatic carbocycles. The molecule has 98 valence electrons. The van der Waals surface area contributed by atoms with Crippen LogP contribution in [0.15, 0.2) is 22.7 Å². The van der Waals surface area contributed by atoms with Crippen molar-refractivity contribution in [1.82, 2.24) is 4.90 Å². The maximum absolute atomic E-state index is 12.5. The minimum Gasteiger partial charge on any atom is -0.399 e. The Morgan fingerprint density at radius 3 is 2.72 bits per heavy atom. The summed E-state index contributed by atoms with van der Waals surface area (Å²) in [5.41, 5.74) is 7.07. The Hall–Kier alpha value is -1.03. The molecular formula is C14H19BrN2O. The van der Waals surface area contributed by atoms with Crippen LogP contribution in [-0.2, 0) is 0 Å². The molecule has 1 saturated heterocycles. The first kappa shape index (κ1) is 13.4. The van der Waals surface area contributed by atoms with E-state index in [1.165, 1.54) is 0 Å². The quantitative estimate of drug-likeness (QED) is 0.809. The van der Waals surface area contributed by atoms with Crippen molar-refractivity contribution in [2.45, 2.75) is 32.7 Å². The summed E-state index contributed by atoms with van der Waals surface area (Å²) in [7, 11) is 0. The van der Waals surface area contributed by atoms with Crippen molar-refractivity contribution < 1.29 is 4.79 Å².